The van der Waals surface area contributed by atoms with Gasteiger partial charge in [0, 0.05) is 18.8 Å². The number of nitrogens with zero attached hydrogens (tertiary/aromatic N) is 1. The number of rotatable bonds is 9. The number of pyridine rings is 1. The normalized spacial score (nSPS) is 12.0. The van der Waals surface area contributed by atoms with Crippen LogP contribution in [0.3, 0.4) is 0 Å². The van der Waals surface area contributed by atoms with E-state index < -0.39 is 0 Å². The summed E-state index contributed by atoms with van der Waals surface area (Å²) in [5, 5.41) is 6.62. The topological polar surface area (TPSA) is 54.0 Å². The van der Waals surface area contributed by atoms with Gasteiger partial charge in [-0.15, -0.1) is 0 Å². The van der Waals surface area contributed by atoms with Gasteiger partial charge in [0.1, 0.15) is 5.82 Å². The highest BCUT2D eigenvalue weighted by Crippen LogP contribution is 2.20. The summed E-state index contributed by atoms with van der Waals surface area (Å²) in [5.74, 6) is 0.522. The lowest BCUT2D eigenvalue weighted by molar-refractivity contribution is 0.0932. The molecule has 0 bridgehead atoms. The van der Waals surface area contributed by atoms with Crippen molar-refractivity contribution in [2.75, 3.05) is 11.9 Å². The molecule has 0 aromatic carbocycles. The molecule has 2 N–H and O–H groups in total. The number of hydrogen-bond donors (Lipinski definition) is 2. The van der Waals surface area contributed by atoms with Gasteiger partial charge in [0.05, 0.1) is 10.6 Å². The van der Waals surface area contributed by atoms with E-state index in [1.165, 1.54) is 0 Å². The molecule has 1 unspecified atom stereocenters. The van der Waals surface area contributed by atoms with Crippen molar-refractivity contribution in [2.45, 2.75) is 58.9 Å². The summed E-state index contributed by atoms with van der Waals surface area (Å²) in [6, 6.07) is 1.90. The molecule has 1 aromatic heterocycles. The Morgan fingerprint density at radius 2 is 2.05 bits per heavy atom. The minimum Gasteiger partial charge on any atom is -0.369 e. The van der Waals surface area contributed by atoms with Crippen LogP contribution in [0.25, 0.3) is 0 Å². The molecule has 4 nitrogen and oxygen atoms in total. The molecule has 5 heteroatoms. The molecule has 0 aliphatic carbocycles. The number of aromatic nitrogens is 1. The summed E-state index contributed by atoms with van der Waals surface area (Å²) >= 11 is 6.13. The van der Waals surface area contributed by atoms with Gasteiger partial charge in [0.25, 0.3) is 5.91 Å². The van der Waals surface area contributed by atoms with Crippen molar-refractivity contribution < 1.29 is 4.79 Å². The lowest BCUT2D eigenvalue weighted by atomic mass is 10.0. The molecule has 0 saturated carbocycles. The maximum absolute atomic E-state index is 12.3. The maximum Gasteiger partial charge on any atom is 0.253 e. The van der Waals surface area contributed by atoms with E-state index in [4.69, 9.17) is 11.6 Å². The van der Waals surface area contributed by atoms with Crippen molar-refractivity contribution in [3.8, 4) is 0 Å². The maximum atomic E-state index is 12.3. The van der Waals surface area contributed by atoms with E-state index in [1.807, 2.05) is 6.92 Å². The molecule has 0 radical (unpaired) electrons. The van der Waals surface area contributed by atoms with Crippen LogP contribution >= 0.6 is 11.6 Å². The molecule has 1 amide bonds. The summed E-state index contributed by atoms with van der Waals surface area (Å²) in [6.45, 7) is 7.01. The Hall–Kier alpha value is -1.29. The zero-order valence-electron chi connectivity index (χ0n) is 13.2. The average molecular weight is 312 g/mol. The molecule has 1 rings (SSSR count). The molecule has 0 aliphatic heterocycles. The average Bonchev–Trinajstić information content (AvgIpc) is 2.47. The summed E-state index contributed by atoms with van der Waals surface area (Å²) in [7, 11) is 0. The third-order valence-corrected chi connectivity index (χ3v) is 3.61. The summed E-state index contributed by atoms with van der Waals surface area (Å²) in [5.41, 5.74) is 0.513. The van der Waals surface area contributed by atoms with Crippen LogP contribution < -0.4 is 10.6 Å². The quantitative estimate of drug-likeness (QED) is 0.716. The number of nitrogens with one attached hydrogen (secondary N) is 2. The molecule has 21 heavy (non-hydrogen) atoms. The predicted octanol–water partition coefficient (Wildman–Crippen LogP) is 4.26. The molecule has 1 atom stereocenters. The van der Waals surface area contributed by atoms with E-state index in [0.717, 1.165) is 38.6 Å². The molecule has 118 valence electrons. The lowest BCUT2D eigenvalue weighted by Crippen LogP contribution is -2.34. The number of carbonyl (C=O) groups is 1. The summed E-state index contributed by atoms with van der Waals surface area (Å²) < 4.78 is 0. The molecule has 0 fully saturated rings. The zero-order chi connectivity index (χ0) is 15.7. The zero-order valence-corrected chi connectivity index (χ0v) is 14.0. The van der Waals surface area contributed by atoms with E-state index in [0.29, 0.717) is 16.4 Å². The SMILES string of the molecule is CCCCC(CCC)NC(=O)c1cnc(NCC)c(Cl)c1. The molecular formula is C16H26ClN3O. The van der Waals surface area contributed by atoms with Crippen molar-refractivity contribution in [3.05, 3.63) is 22.8 Å². The van der Waals surface area contributed by atoms with Gasteiger partial charge in [0.2, 0.25) is 0 Å². The van der Waals surface area contributed by atoms with E-state index in [9.17, 15) is 4.79 Å². The van der Waals surface area contributed by atoms with Crippen molar-refractivity contribution in [1.82, 2.24) is 10.3 Å². The van der Waals surface area contributed by atoms with Crippen LogP contribution in [0.2, 0.25) is 5.02 Å². The largest absolute Gasteiger partial charge is 0.369 e. The Morgan fingerprint density at radius 1 is 1.29 bits per heavy atom. The van der Waals surface area contributed by atoms with Crippen molar-refractivity contribution in [2.24, 2.45) is 0 Å². The van der Waals surface area contributed by atoms with Gasteiger partial charge in [-0.05, 0) is 25.8 Å². The van der Waals surface area contributed by atoms with Crippen LogP contribution in [0.1, 0.15) is 63.2 Å². The number of hydrogen-bond acceptors (Lipinski definition) is 3. The fourth-order valence-corrected chi connectivity index (χ4v) is 2.45. The highest BCUT2D eigenvalue weighted by molar-refractivity contribution is 6.33. The highest BCUT2D eigenvalue weighted by Gasteiger charge is 2.14. The van der Waals surface area contributed by atoms with Crippen LogP contribution in [0.15, 0.2) is 12.3 Å². The van der Waals surface area contributed by atoms with Gasteiger partial charge < -0.3 is 10.6 Å². The number of unbranched alkanes of at least 4 members (excludes halogenated alkanes) is 1. The Kier molecular flexibility index (Phi) is 8.13. The molecule has 1 aromatic rings. The minimum absolute atomic E-state index is 0.0954. The van der Waals surface area contributed by atoms with E-state index in [1.54, 1.807) is 12.3 Å². The first-order chi connectivity index (χ1) is 10.1. The molecular weight excluding hydrogens is 286 g/mol. The third kappa shape index (κ3) is 5.92. The van der Waals surface area contributed by atoms with Gasteiger partial charge in [-0.3, -0.25) is 4.79 Å². The summed E-state index contributed by atoms with van der Waals surface area (Å²) in [6.07, 6.45) is 6.92. The fourth-order valence-electron chi connectivity index (χ4n) is 2.22. The van der Waals surface area contributed by atoms with Gasteiger partial charge in [0.15, 0.2) is 0 Å². The van der Waals surface area contributed by atoms with E-state index >= 15 is 0 Å². The monoisotopic (exact) mass is 311 g/mol. The first-order valence-electron chi connectivity index (χ1n) is 7.82. The van der Waals surface area contributed by atoms with Crippen LogP contribution in [0.5, 0.6) is 0 Å². The third-order valence-electron chi connectivity index (χ3n) is 3.33. The first kappa shape index (κ1) is 17.8. The summed E-state index contributed by atoms with van der Waals surface area (Å²) in [4.78, 5) is 16.5. The number of anilines is 1. The van der Waals surface area contributed by atoms with Gasteiger partial charge in [-0.1, -0.05) is 44.7 Å². The Labute approximate surface area is 132 Å². The standard InChI is InChI=1S/C16H26ClN3O/c1-4-7-9-13(8-5-2)20-16(21)12-10-14(17)15(18-6-3)19-11-12/h10-11,13H,4-9H2,1-3H3,(H,18,19)(H,20,21). The Balaban J connectivity index is 2.70. The smallest absolute Gasteiger partial charge is 0.253 e. The van der Waals surface area contributed by atoms with Crippen molar-refractivity contribution in [1.29, 1.82) is 0 Å². The van der Waals surface area contributed by atoms with Gasteiger partial charge in [-0.25, -0.2) is 4.98 Å². The molecule has 1 heterocycles. The van der Waals surface area contributed by atoms with Crippen LogP contribution in [-0.4, -0.2) is 23.5 Å². The number of amides is 1. The molecule has 0 aliphatic rings. The highest BCUT2D eigenvalue weighted by atomic mass is 35.5. The van der Waals surface area contributed by atoms with E-state index in [2.05, 4.69) is 29.5 Å². The Morgan fingerprint density at radius 3 is 2.62 bits per heavy atom. The van der Waals surface area contributed by atoms with Crippen LogP contribution in [0.4, 0.5) is 5.82 Å². The Bertz CT molecular complexity index is 451. The number of halogens is 1. The minimum atomic E-state index is -0.0954. The molecule has 0 saturated heterocycles. The van der Waals surface area contributed by atoms with Gasteiger partial charge in [-0.2, -0.15) is 0 Å². The lowest BCUT2D eigenvalue weighted by Gasteiger charge is -2.18. The van der Waals surface area contributed by atoms with E-state index in [-0.39, 0.29) is 11.9 Å². The molecule has 0 spiro atoms. The number of carbonyl (C=O) groups excluding carboxylic acids is 1. The predicted molar refractivity (Wildman–Crippen MR) is 89.1 cm³/mol. The van der Waals surface area contributed by atoms with Crippen LogP contribution in [-0.2, 0) is 0 Å². The second-order valence-electron chi connectivity index (χ2n) is 5.19. The second kappa shape index (κ2) is 9.61. The van der Waals surface area contributed by atoms with Gasteiger partial charge >= 0.3 is 0 Å². The first-order valence-corrected chi connectivity index (χ1v) is 8.20. The van der Waals surface area contributed by atoms with Crippen molar-refractivity contribution in [3.63, 3.8) is 0 Å². The van der Waals surface area contributed by atoms with Crippen molar-refractivity contribution >= 4 is 23.3 Å². The second-order valence-corrected chi connectivity index (χ2v) is 5.59. The van der Waals surface area contributed by atoms with Crippen LogP contribution in [0, 0.1) is 0 Å². The fraction of sp³-hybridized carbons (Fsp3) is 0.625.